The Morgan fingerprint density at radius 2 is 1.04 bits per heavy atom. The molecular weight excluding hydrogens is 677 g/mol. The molecule has 51 heavy (non-hydrogen) atoms. The Hall–Kier alpha value is -0.920. The summed E-state index contributed by atoms with van der Waals surface area (Å²) in [5, 5.41) is 63.6. The van der Waals surface area contributed by atoms with Crippen molar-refractivity contribution >= 4 is 13.7 Å². The number of phosphoric ester groups is 1. The zero-order valence-corrected chi connectivity index (χ0v) is 32.6. The summed E-state index contributed by atoms with van der Waals surface area (Å²) < 4.78 is 22.8. The number of phosphoric acid groups is 1. The molecule has 0 aliphatic heterocycles. The summed E-state index contributed by atoms with van der Waals surface area (Å²) in [6.07, 6.45) is 17.3. The molecule has 0 saturated heterocycles. The Morgan fingerprint density at radius 3 is 1.49 bits per heavy atom. The van der Waals surface area contributed by atoms with Crippen LogP contribution in [0, 0.1) is 0 Å². The zero-order valence-electron chi connectivity index (χ0n) is 31.7. The highest BCUT2D eigenvalue weighted by molar-refractivity contribution is 7.47. The molecule has 12 nitrogen and oxygen atoms in total. The highest BCUT2D eigenvalue weighted by Crippen LogP contribution is 2.47. The summed E-state index contributed by atoms with van der Waals surface area (Å²) in [7, 11) is -5.06. The molecule has 0 spiro atoms. The van der Waals surface area contributed by atoms with Gasteiger partial charge in [0.1, 0.15) is 36.6 Å². The number of hydrogen-bond donors (Lipinski definition) is 8. The van der Waals surface area contributed by atoms with E-state index in [0.29, 0.717) is 6.42 Å². The van der Waals surface area contributed by atoms with Gasteiger partial charge in [0.25, 0.3) is 0 Å². The number of aliphatic hydroxyl groups is 6. The van der Waals surface area contributed by atoms with Crippen molar-refractivity contribution in [3.8, 4) is 0 Å². The number of hydrogen-bond acceptors (Lipinski definition) is 10. The number of amides is 1. The Kier molecular flexibility index (Phi) is 27.8. The maximum atomic E-state index is 12.8. The molecule has 1 aliphatic carbocycles. The second-order valence-corrected chi connectivity index (χ2v) is 15.9. The van der Waals surface area contributed by atoms with Crippen molar-refractivity contribution in [1.82, 2.24) is 5.32 Å². The van der Waals surface area contributed by atoms with Gasteiger partial charge in [-0.1, -0.05) is 154 Å². The van der Waals surface area contributed by atoms with Gasteiger partial charge >= 0.3 is 7.82 Å². The second kappa shape index (κ2) is 29.4. The average molecular weight is 752 g/mol. The van der Waals surface area contributed by atoms with Crippen molar-refractivity contribution in [2.24, 2.45) is 0 Å². The molecule has 1 fully saturated rings. The molecule has 0 aromatic heterocycles. The fourth-order valence-electron chi connectivity index (χ4n) is 6.43. The third-order valence-corrected chi connectivity index (χ3v) is 10.8. The van der Waals surface area contributed by atoms with Crippen LogP contribution in [-0.2, 0) is 18.4 Å². The minimum atomic E-state index is -5.06. The van der Waals surface area contributed by atoms with Crippen LogP contribution in [0.3, 0.4) is 0 Å². The number of carbonyl (C=O) groups excluding carboxylic acids is 1. The number of carbonyl (C=O) groups is 1. The molecule has 13 heteroatoms. The molecule has 1 saturated carbocycles. The second-order valence-electron chi connectivity index (χ2n) is 14.5. The van der Waals surface area contributed by atoms with Gasteiger partial charge in [-0.2, -0.15) is 0 Å². The minimum absolute atomic E-state index is 0.217. The molecule has 0 bridgehead atoms. The molecule has 8 N–H and O–H groups in total. The van der Waals surface area contributed by atoms with Crippen molar-refractivity contribution in [3.63, 3.8) is 0 Å². The Balaban J connectivity index is 2.56. The van der Waals surface area contributed by atoms with Crippen molar-refractivity contribution in [3.05, 3.63) is 12.2 Å². The number of nitrogens with one attached hydrogen (secondary N) is 1. The lowest BCUT2D eigenvalue weighted by atomic mass is 9.85. The van der Waals surface area contributed by atoms with E-state index in [4.69, 9.17) is 9.05 Å². The van der Waals surface area contributed by atoms with E-state index >= 15 is 0 Å². The maximum absolute atomic E-state index is 12.8. The van der Waals surface area contributed by atoms with Gasteiger partial charge in [0, 0.05) is 6.42 Å². The average Bonchev–Trinajstić information content (AvgIpc) is 3.11. The van der Waals surface area contributed by atoms with Gasteiger partial charge in [-0.05, 0) is 19.3 Å². The lowest BCUT2D eigenvalue weighted by Gasteiger charge is -2.41. The van der Waals surface area contributed by atoms with Crippen LogP contribution in [-0.4, -0.2) is 96.8 Å². The van der Waals surface area contributed by atoms with Crippen molar-refractivity contribution < 1.29 is 53.9 Å². The number of aliphatic hydroxyl groups excluding tert-OH is 6. The Morgan fingerprint density at radius 1 is 0.647 bits per heavy atom. The molecule has 0 heterocycles. The van der Waals surface area contributed by atoms with Crippen molar-refractivity contribution in [2.45, 2.75) is 217 Å². The van der Waals surface area contributed by atoms with Gasteiger partial charge < -0.3 is 40.8 Å². The Bertz CT molecular complexity index is 926. The standard InChI is InChI=1S/C38H74NO11P/c1-3-5-7-9-11-13-15-16-17-18-20-22-24-26-28-32(41)39-30(31(40)27-25-23-21-19-14-12-10-8-6-4-2)29-49-51(47,48)50-38-36(45)34(43)33(42)35(44)37(38)46/h25,27,30-31,33-38,40,42-46H,3-24,26,28-29H2,1-2H3,(H,39,41)(H,47,48)/b27-25+/t30-,31+,33?,34+,35?,36?,37?,38?/m0/s1. The summed E-state index contributed by atoms with van der Waals surface area (Å²) in [4.78, 5) is 23.2. The number of unbranched alkanes of at least 4 members (excludes halogenated alkanes) is 21. The molecule has 9 atom stereocenters. The molecule has 1 rings (SSSR count). The fraction of sp³-hybridized carbons (Fsp3) is 0.921. The van der Waals surface area contributed by atoms with E-state index in [0.717, 1.165) is 44.9 Å². The number of allylic oxidation sites excluding steroid dienone is 1. The zero-order chi connectivity index (χ0) is 37.9. The third-order valence-electron chi connectivity index (χ3n) is 9.82. The van der Waals surface area contributed by atoms with Gasteiger partial charge in [-0.15, -0.1) is 0 Å². The van der Waals surface area contributed by atoms with Crippen LogP contribution in [0.15, 0.2) is 12.2 Å². The monoisotopic (exact) mass is 751 g/mol. The lowest BCUT2D eigenvalue weighted by molar-refractivity contribution is -0.220. The van der Waals surface area contributed by atoms with Crippen LogP contribution in [0.4, 0.5) is 0 Å². The summed E-state index contributed by atoms with van der Waals surface area (Å²) in [6.45, 7) is 3.78. The summed E-state index contributed by atoms with van der Waals surface area (Å²) in [5.41, 5.74) is 0. The van der Waals surface area contributed by atoms with Crippen LogP contribution >= 0.6 is 7.82 Å². The predicted molar refractivity (Wildman–Crippen MR) is 200 cm³/mol. The van der Waals surface area contributed by atoms with E-state index in [9.17, 15) is 44.9 Å². The molecular formula is C38H74NO11P. The fourth-order valence-corrected chi connectivity index (χ4v) is 7.40. The quantitative estimate of drug-likeness (QED) is 0.0224. The summed E-state index contributed by atoms with van der Waals surface area (Å²) in [5.74, 6) is -0.342. The SMILES string of the molecule is CCCCCCCCCC/C=C/[C@@H](O)[C@H](COP(=O)(O)OC1C(O)C(O)C(O)[C@@H](O)C1O)NC(=O)CCCCCCCCCCCCCCCC. The van der Waals surface area contributed by atoms with Crippen LogP contribution in [0.2, 0.25) is 0 Å². The predicted octanol–water partition coefficient (Wildman–Crippen LogP) is 6.11. The highest BCUT2D eigenvalue weighted by atomic mass is 31.2. The minimum Gasteiger partial charge on any atom is -0.387 e. The van der Waals surface area contributed by atoms with Gasteiger partial charge in [-0.25, -0.2) is 4.57 Å². The van der Waals surface area contributed by atoms with Gasteiger partial charge in [-0.3, -0.25) is 13.8 Å². The molecule has 6 unspecified atom stereocenters. The van der Waals surface area contributed by atoms with E-state index < -0.39 is 63.2 Å². The van der Waals surface area contributed by atoms with E-state index in [1.807, 2.05) is 6.08 Å². The topological polar surface area (TPSA) is 206 Å². The van der Waals surface area contributed by atoms with Crippen LogP contribution in [0.5, 0.6) is 0 Å². The van der Waals surface area contributed by atoms with Crippen molar-refractivity contribution in [2.75, 3.05) is 6.61 Å². The first-order chi connectivity index (χ1) is 24.4. The van der Waals surface area contributed by atoms with Gasteiger partial charge in [0.2, 0.25) is 5.91 Å². The molecule has 1 amide bonds. The smallest absolute Gasteiger partial charge is 0.387 e. The van der Waals surface area contributed by atoms with Crippen LogP contribution < -0.4 is 5.32 Å². The van der Waals surface area contributed by atoms with E-state index in [-0.39, 0.29) is 12.3 Å². The molecule has 1 aliphatic rings. The van der Waals surface area contributed by atoms with Crippen LogP contribution in [0.25, 0.3) is 0 Å². The first-order valence-electron chi connectivity index (χ1n) is 20.1. The summed E-state index contributed by atoms with van der Waals surface area (Å²) >= 11 is 0. The molecule has 0 radical (unpaired) electrons. The maximum Gasteiger partial charge on any atom is 0.472 e. The Labute approximate surface area is 308 Å². The molecule has 0 aromatic carbocycles. The highest BCUT2D eigenvalue weighted by Gasteiger charge is 2.51. The lowest BCUT2D eigenvalue weighted by Crippen LogP contribution is -2.64. The number of rotatable bonds is 32. The normalized spacial score (nSPS) is 24.8. The molecule has 302 valence electrons. The van der Waals surface area contributed by atoms with Gasteiger partial charge in [0.05, 0.1) is 18.8 Å². The third kappa shape index (κ3) is 22.2. The first-order valence-corrected chi connectivity index (χ1v) is 21.6. The van der Waals surface area contributed by atoms with Gasteiger partial charge in [0.15, 0.2) is 0 Å². The van der Waals surface area contributed by atoms with Crippen molar-refractivity contribution in [1.29, 1.82) is 0 Å². The first kappa shape index (κ1) is 48.1. The largest absolute Gasteiger partial charge is 0.472 e. The van der Waals surface area contributed by atoms with E-state index in [2.05, 4.69) is 19.2 Å². The van der Waals surface area contributed by atoms with Crippen LogP contribution in [0.1, 0.15) is 168 Å². The van der Waals surface area contributed by atoms with E-state index in [1.54, 1.807) is 0 Å². The summed E-state index contributed by atoms with van der Waals surface area (Å²) in [6, 6.07) is -1.11. The molecule has 0 aromatic rings. The van der Waals surface area contributed by atoms with E-state index in [1.165, 1.54) is 102 Å².